The fourth-order valence-electron chi connectivity index (χ4n) is 1.18. The summed E-state index contributed by atoms with van der Waals surface area (Å²) in [6.45, 7) is 3.93. The summed E-state index contributed by atoms with van der Waals surface area (Å²) in [7, 11) is 0. The molecule has 1 aromatic heterocycles. The smallest absolute Gasteiger partial charge is 0.131 e. The van der Waals surface area contributed by atoms with Crippen LogP contribution in [-0.2, 0) is 0 Å². The molecule has 78 valence electrons. The van der Waals surface area contributed by atoms with Crippen molar-refractivity contribution >= 4 is 11.6 Å². The number of nitrogens with zero attached hydrogens (tertiary/aromatic N) is 2. The summed E-state index contributed by atoms with van der Waals surface area (Å²) in [5.74, 6) is 1.80. The molecule has 1 atom stereocenters. The second kappa shape index (κ2) is 4.76. The van der Waals surface area contributed by atoms with Gasteiger partial charge < -0.3 is 16.2 Å². The van der Waals surface area contributed by atoms with Gasteiger partial charge in [-0.15, -0.1) is 0 Å². The largest absolute Gasteiger partial charge is 0.396 e. The number of nitrogens with one attached hydrogen (secondary N) is 1. The molecule has 5 nitrogen and oxygen atoms in total. The monoisotopic (exact) mass is 196 g/mol. The van der Waals surface area contributed by atoms with Crippen LogP contribution >= 0.6 is 0 Å². The Kier molecular flexibility index (Phi) is 3.64. The molecule has 0 spiro atoms. The molecule has 5 heteroatoms. The first-order chi connectivity index (χ1) is 6.61. The molecule has 0 aliphatic rings. The molecular formula is C9H16N4O. The molecule has 0 saturated carbocycles. The van der Waals surface area contributed by atoms with Gasteiger partial charge in [-0.2, -0.15) is 0 Å². The highest BCUT2D eigenvalue weighted by molar-refractivity contribution is 5.44. The number of hydrogen-bond donors (Lipinski definition) is 3. The Hall–Kier alpha value is -1.36. The molecule has 0 radical (unpaired) electrons. The molecule has 1 aromatic rings. The van der Waals surface area contributed by atoms with E-state index in [0.29, 0.717) is 23.9 Å². The van der Waals surface area contributed by atoms with Crippen molar-refractivity contribution < 1.29 is 5.11 Å². The van der Waals surface area contributed by atoms with Gasteiger partial charge in [-0.3, -0.25) is 0 Å². The van der Waals surface area contributed by atoms with Crippen LogP contribution in [0.3, 0.4) is 0 Å². The van der Waals surface area contributed by atoms with Crippen molar-refractivity contribution in [1.82, 2.24) is 9.97 Å². The number of anilines is 2. The van der Waals surface area contributed by atoms with Crippen molar-refractivity contribution in [3.63, 3.8) is 0 Å². The Labute approximate surface area is 83.4 Å². The standard InChI is InChI=1S/C9H16N4O/c1-6(3-4-14)11-9-5-8(10)12-7(2)13-9/h5-6,14H,3-4H2,1-2H3,(H3,10,11,12,13). The summed E-state index contributed by atoms with van der Waals surface area (Å²) < 4.78 is 0. The van der Waals surface area contributed by atoms with E-state index in [1.165, 1.54) is 0 Å². The number of aryl methyl sites for hydroxylation is 1. The summed E-state index contributed by atoms with van der Waals surface area (Å²) in [6, 6.07) is 1.86. The molecule has 4 N–H and O–H groups in total. The minimum absolute atomic E-state index is 0.160. The summed E-state index contributed by atoms with van der Waals surface area (Å²) in [6.07, 6.45) is 0.683. The normalized spacial score (nSPS) is 12.5. The number of aromatic nitrogens is 2. The molecule has 0 aliphatic heterocycles. The van der Waals surface area contributed by atoms with Crippen molar-refractivity contribution in [2.75, 3.05) is 17.7 Å². The molecule has 0 saturated heterocycles. The third-order valence-corrected chi connectivity index (χ3v) is 1.81. The molecular weight excluding hydrogens is 180 g/mol. The van der Waals surface area contributed by atoms with Crippen molar-refractivity contribution in [2.24, 2.45) is 0 Å². The first-order valence-corrected chi connectivity index (χ1v) is 4.60. The van der Waals surface area contributed by atoms with Crippen LogP contribution in [0.25, 0.3) is 0 Å². The average molecular weight is 196 g/mol. The van der Waals surface area contributed by atoms with Crippen LogP contribution in [0.4, 0.5) is 11.6 Å². The van der Waals surface area contributed by atoms with Gasteiger partial charge in [0.05, 0.1) is 0 Å². The van der Waals surface area contributed by atoms with Gasteiger partial charge in [-0.1, -0.05) is 0 Å². The van der Waals surface area contributed by atoms with Crippen LogP contribution in [-0.4, -0.2) is 27.7 Å². The fraction of sp³-hybridized carbons (Fsp3) is 0.556. The predicted octanol–water partition coefficient (Wildman–Crippen LogP) is 0.550. The molecule has 14 heavy (non-hydrogen) atoms. The van der Waals surface area contributed by atoms with E-state index in [1.54, 1.807) is 13.0 Å². The number of rotatable bonds is 4. The van der Waals surface area contributed by atoms with Gasteiger partial charge in [0.1, 0.15) is 17.5 Å². The zero-order chi connectivity index (χ0) is 10.6. The molecule has 1 heterocycles. The second-order valence-electron chi connectivity index (χ2n) is 3.28. The maximum absolute atomic E-state index is 8.73. The molecule has 0 amide bonds. The zero-order valence-corrected chi connectivity index (χ0v) is 8.49. The van der Waals surface area contributed by atoms with Crippen molar-refractivity contribution in [3.05, 3.63) is 11.9 Å². The molecule has 0 bridgehead atoms. The summed E-state index contributed by atoms with van der Waals surface area (Å²) >= 11 is 0. The van der Waals surface area contributed by atoms with Gasteiger partial charge in [0.2, 0.25) is 0 Å². The molecule has 0 aromatic carbocycles. The Morgan fingerprint density at radius 2 is 2.29 bits per heavy atom. The zero-order valence-electron chi connectivity index (χ0n) is 8.49. The first-order valence-electron chi connectivity index (χ1n) is 4.60. The minimum atomic E-state index is 0.160. The Balaban J connectivity index is 2.66. The van der Waals surface area contributed by atoms with Crippen LogP contribution in [0.2, 0.25) is 0 Å². The van der Waals surface area contributed by atoms with Crippen LogP contribution in [0.5, 0.6) is 0 Å². The van der Waals surface area contributed by atoms with Crippen molar-refractivity contribution in [2.45, 2.75) is 26.3 Å². The van der Waals surface area contributed by atoms with Crippen LogP contribution in [0.1, 0.15) is 19.2 Å². The summed E-state index contributed by atoms with van der Waals surface area (Å²) in [5, 5.41) is 11.9. The lowest BCUT2D eigenvalue weighted by atomic mass is 10.2. The van der Waals surface area contributed by atoms with E-state index in [0.717, 1.165) is 0 Å². The Bertz CT molecular complexity index is 283. The second-order valence-corrected chi connectivity index (χ2v) is 3.28. The highest BCUT2D eigenvalue weighted by atomic mass is 16.3. The van der Waals surface area contributed by atoms with Gasteiger partial charge in [-0.25, -0.2) is 9.97 Å². The molecule has 0 aliphatic carbocycles. The number of nitrogens with two attached hydrogens (primary N) is 1. The van der Waals surface area contributed by atoms with Crippen molar-refractivity contribution in [3.8, 4) is 0 Å². The van der Waals surface area contributed by atoms with E-state index < -0.39 is 0 Å². The van der Waals surface area contributed by atoms with E-state index in [2.05, 4.69) is 15.3 Å². The number of hydrogen-bond acceptors (Lipinski definition) is 5. The first kappa shape index (κ1) is 10.7. The number of aliphatic hydroxyl groups is 1. The van der Waals surface area contributed by atoms with E-state index >= 15 is 0 Å². The average Bonchev–Trinajstić information content (AvgIpc) is 2.01. The highest BCUT2D eigenvalue weighted by Gasteiger charge is 2.03. The van der Waals surface area contributed by atoms with E-state index in [9.17, 15) is 0 Å². The van der Waals surface area contributed by atoms with Gasteiger partial charge in [0.15, 0.2) is 0 Å². The molecule has 1 unspecified atom stereocenters. The molecule has 1 rings (SSSR count). The van der Waals surface area contributed by atoms with Gasteiger partial charge >= 0.3 is 0 Å². The maximum Gasteiger partial charge on any atom is 0.131 e. The summed E-state index contributed by atoms with van der Waals surface area (Å²) in [5.41, 5.74) is 5.57. The number of nitrogen functional groups attached to an aromatic ring is 1. The number of aliphatic hydroxyl groups excluding tert-OH is 1. The van der Waals surface area contributed by atoms with Crippen molar-refractivity contribution in [1.29, 1.82) is 0 Å². The van der Waals surface area contributed by atoms with Crippen LogP contribution < -0.4 is 11.1 Å². The maximum atomic E-state index is 8.73. The quantitative estimate of drug-likeness (QED) is 0.655. The topological polar surface area (TPSA) is 84.1 Å². The van der Waals surface area contributed by atoms with Gasteiger partial charge in [0.25, 0.3) is 0 Å². The SMILES string of the molecule is Cc1nc(N)cc(NC(C)CCO)n1. The van der Waals surface area contributed by atoms with Crippen LogP contribution in [0, 0.1) is 6.92 Å². The third kappa shape index (κ3) is 3.18. The lowest BCUT2D eigenvalue weighted by Crippen LogP contribution is -2.18. The molecule has 0 fully saturated rings. The van der Waals surface area contributed by atoms with E-state index in [4.69, 9.17) is 10.8 Å². The lowest BCUT2D eigenvalue weighted by molar-refractivity contribution is 0.282. The fourth-order valence-corrected chi connectivity index (χ4v) is 1.18. The van der Waals surface area contributed by atoms with Crippen LogP contribution in [0.15, 0.2) is 6.07 Å². The van der Waals surface area contributed by atoms with E-state index in [-0.39, 0.29) is 12.6 Å². The lowest BCUT2D eigenvalue weighted by Gasteiger charge is -2.13. The van der Waals surface area contributed by atoms with E-state index in [1.807, 2.05) is 6.92 Å². The third-order valence-electron chi connectivity index (χ3n) is 1.81. The Morgan fingerprint density at radius 1 is 1.57 bits per heavy atom. The summed E-state index contributed by atoms with van der Waals surface area (Å²) in [4.78, 5) is 8.14. The minimum Gasteiger partial charge on any atom is -0.396 e. The van der Waals surface area contributed by atoms with Gasteiger partial charge in [-0.05, 0) is 20.3 Å². The van der Waals surface area contributed by atoms with Gasteiger partial charge in [0, 0.05) is 18.7 Å². The predicted molar refractivity (Wildman–Crippen MR) is 56.0 cm³/mol. The highest BCUT2D eigenvalue weighted by Crippen LogP contribution is 2.09. The Morgan fingerprint density at radius 3 is 2.86 bits per heavy atom.